The Morgan fingerprint density at radius 2 is 2.11 bits per heavy atom. The topological polar surface area (TPSA) is 42.2 Å². The lowest BCUT2D eigenvalue weighted by molar-refractivity contribution is -0.131. The van der Waals surface area contributed by atoms with E-state index in [-0.39, 0.29) is 5.92 Å². The molecular weight excluding hydrogens is 262 g/mol. The van der Waals surface area contributed by atoms with Crippen LogP contribution >= 0.6 is 11.6 Å². The van der Waals surface area contributed by atoms with Crippen LogP contribution in [0.4, 0.5) is 0 Å². The summed E-state index contributed by atoms with van der Waals surface area (Å²) in [4.78, 5) is 11.0. The van der Waals surface area contributed by atoms with Crippen molar-refractivity contribution < 1.29 is 9.90 Å². The highest BCUT2D eigenvalue weighted by Gasteiger charge is 2.15. The van der Waals surface area contributed by atoms with Gasteiger partial charge >= 0.3 is 5.97 Å². The van der Waals surface area contributed by atoms with E-state index in [1.807, 2.05) is 49.9 Å². The summed E-state index contributed by atoms with van der Waals surface area (Å²) in [7, 11) is 1.94. The standard InChI is InChI=1S/C15H16ClNO2/c1-9(2)11(7-15(18)19)13-8-17(3)14-5-4-10(16)6-12(13)14/h4-9H,1-3H3,(H,18,19)/b11-7+. The fraction of sp³-hybridized carbons (Fsp3) is 0.267. The molecule has 2 aromatic rings. The fourth-order valence-corrected chi connectivity index (χ4v) is 2.45. The Hall–Kier alpha value is -1.74. The predicted molar refractivity (Wildman–Crippen MR) is 78.4 cm³/mol. The molecule has 0 saturated carbocycles. The van der Waals surface area contributed by atoms with E-state index in [4.69, 9.17) is 16.7 Å². The molecule has 19 heavy (non-hydrogen) atoms. The number of carbonyl (C=O) groups is 1. The molecule has 100 valence electrons. The van der Waals surface area contributed by atoms with E-state index in [0.717, 1.165) is 22.0 Å². The molecule has 0 fully saturated rings. The maximum absolute atomic E-state index is 11.0. The molecule has 0 unspecified atom stereocenters. The zero-order valence-electron chi connectivity index (χ0n) is 11.1. The number of halogens is 1. The average Bonchev–Trinajstić information content (AvgIpc) is 2.62. The molecule has 0 saturated heterocycles. The van der Waals surface area contributed by atoms with Gasteiger partial charge in [0.1, 0.15) is 0 Å². The zero-order valence-corrected chi connectivity index (χ0v) is 11.9. The summed E-state index contributed by atoms with van der Waals surface area (Å²) >= 11 is 6.04. The number of carboxylic acid groups (broad SMARTS) is 1. The van der Waals surface area contributed by atoms with Crippen LogP contribution < -0.4 is 0 Å². The monoisotopic (exact) mass is 277 g/mol. The van der Waals surface area contributed by atoms with Gasteiger partial charge in [-0.1, -0.05) is 25.4 Å². The van der Waals surface area contributed by atoms with Crippen LogP contribution in [0.2, 0.25) is 5.02 Å². The predicted octanol–water partition coefficient (Wildman–Crippen LogP) is 3.96. The maximum Gasteiger partial charge on any atom is 0.328 e. The molecule has 0 atom stereocenters. The Morgan fingerprint density at radius 1 is 1.42 bits per heavy atom. The minimum atomic E-state index is -0.928. The Kier molecular flexibility index (Phi) is 3.67. The van der Waals surface area contributed by atoms with Crippen LogP contribution in [0.5, 0.6) is 0 Å². The minimum Gasteiger partial charge on any atom is -0.478 e. The van der Waals surface area contributed by atoms with E-state index in [2.05, 4.69) is 0 Å². The van der Waals surface area contributed by atoms with Gasteiger partial charge in [-0.05, 0) is 29.7 Å². The number of aromatic nitrogens is 1. The molecule has 0 aliphatic carbocycles. The molecular formula is C15H16ClNO2. The Morgan fingerprint density at radius 3 is 2.68 bits per heavy atom. The van der Waals surface area contributed by atoms with Gasteiger partial charge in [0.15, 0.2) is 0 Å². The van der Waals surface area contributed by atoms with Crippen molar-refractivity contribution in [3.05, 3.63) is 41.1 Å². The van der Waals surface area contributed by atoms with E-state index >= 15 is 0 Å². The second-order valence-corrected chi connectivity index (χ2v) is 5.34. The lowest BCUT2D eigenvalue weighted by Gasteiger charge is -2.09. The summed E-state index contributed by atoms with van der Waals surface area (Å²) in [6.07, 6.45) is 3.23. The van der Waals surface area contributed by atoms with Gasteiger partial charge in [-0.3, -0.25) is 0 Å². The lowest BCUT2D eigenvalue weighted by atomic mass is 9.94. The first-order valence-corrected chi connectivity index (χ1v) is 6.47. The second-order valence-electron chi connectivity index (χ2n) is 4.91. The Bertz CT molecular complexity index is 668. The number of nitrogens with zero attached hydrogens (tertiary/aromatic N) is 1. The summed E-state index contributed by atoms with van der Waals surface area (Å²) in [5, 5.41) is 10.7. The summed E-state index contributed by atoms with van der Waals surface area (Å²) in [5.74, 6) is -0.802. The smallest absolute Gasteiger partial charge is 0.328 e. The molecule has 1 aromatic carbocycles. The average molecular weight is 278 g/mol. The second kappa shape index (κ2) is 5.10. The quantitative estimate of drug-likeness (QED) is 0.863. The number of allylic oxidation sites excluding steroid dienone is 1. The zero-order chi connectivity index (χ0) is 14.2. The van der Waals surface area contributed by atoms with E-state index in [1.165, 1.54) is 6.08 Å². The van der Waals surface area contributed by atoms with E-state index < -0.39 is 5.97 Å². The van der Waals surface area contributed by atoms with Gasteiger partial charge in [-0.15, -0.1) is 0 Å². The molecule has 1 heterocycles. The summed E-state index contributed by atoms with van der Waals surface area (Å²) in [5.41, 5.74) is 2.77. The number of aliphatic carboxylic acids is 1. The number of rotatable bonds is 3. The third kappa shape index (κ3) is 2.66. The van der Waals surface area contributed by atoms with Crippen molar-refractivity contribution in [3.63, 3.8) is 0 Å². The van der Waals surface area contributed by atoms with Gasteiger partial charge in [0.05, 0.1) is 0 Å². The first-order valence-electron chi connectivity index (χ1n) is 6.09. The Labute approximate surface area is 117 Å². The molecule has 2 rings (SSSR count). The Balaban J connectivity index is 2.73. The van der Waals surface area contributed by atoms with Crippen molar-refractivity contribution in [1.29, 1.82) is 0 Å². The van der Waals surface area contributed by atoms with E-state index in [9.17, 15) is 4.79 Å². The molecule has 1 N–H and O–H groups in total. The third-order valence-electron chi connectivity index (χ3n) is 3.16. The van der Waals surface area contributed by atoms with Crippen molar-refractivity contribution in [1.82, 2.24) is 4.57 Å². The van der Waals surface area contributed by atoms with Gasteiger partial charge in [0, 0.05) is 40.8 Å². The largest absolute Gasteiger partial charge is 0.478 e. The third-order valence-corrected chi connectivity index (χ3v) is 3.40. The summed E-state index contributed by atoms with van der Waals surface area (Å²) in [6.45, 7) is 3.97. The number of carboxylic acids is 1. The van der Waals surface area contributed by atoms with E-state index in [0.29, 0.717) is 5.02 Å². The number of fused-ring (bicyclic) bond motifs is 1. The van der Waals surface area contributed by atoms with Gasteiger partial charge in [0.2, 0.25) is 0 Å². The highest BCUT2D eigenvalue weighted by molar-refractivity contribution is 6.31. The van der Waals surface area contributed by atoms with Crippen LogP contribution in [0.15, 0.2) is 30.5 Å². The van der Waals surface area contributed by atoms with Crippen molar-refractivity contribution in [2.75, 3.05) is 0 Å². The van der Waals surface area contributed by atoms with Crippen molar-refractivity contribution in [3.8, 4) is 0 Å². The highest BCUT2D eigenvalue weighted by Crippen LogP contribution is 2.32. The molecule has 3 nitrogen and oxygen atoms in total. The molecule has 0 amide bonds. The molecule has 4 heteroatoms. The number of aryl methyl sites for hydroxylation is 1. The maximum atomic E-state index is 11.0. The van der Waals surface area contributed by atoms with Crippen molar-refractivity contribution >= 4 is 34.0 Å². The normalized spacial score (nSPS) is 12.4. The van der Waals surface area contributed by atoms with Gasteiger partial charge in [0.25, 0.3) is 0 Å². The molecule has 1 aromatic heterocycles. The number of benzene rings is 1. The first-order chi connectivity index (χ1) is 8.90. The van der Waals surface area contributed by atoms with Crippen LogP contribution in [0.25, 0.3) is 16.5 Å². The molecule has 0 bridgehead atoms. The lowest BCUT2D eigenvalue weighted by Crippen LogP contribution is -1.98. The van der Waals surface area contributed by atoms with Crippen LogP contribution in [-0.2, 0) is 11.8 Å². The number of hydrogen-bond donors (Lipinski definition) is 1. The van der Waals surface area contributed by atoms with Gasteiger partial charge < -0.3 is 9.67 Å². The minimum absolute atomic E-state index is 0.126. The van der Waals surface area contributed by atoms with Crippen LogP contribution in [0, 0.1) is 5.92 Å². The van der Waals surface area contributed by atoms with Crippen LogP contribution in [0.1, 0.15) is 19.4 Å². The van der Waals surface area contributed by atoms with E-state index in [1.54, 1.807) is 0 Å². The van der Waals surface area contributed by atoms with Gasteiger partial charge in [-0.25, -0.2) is 4.79 Å². The molecule has 0 aliphatic rings. The summed E-state index contributed by atoms with van der Waals surface area (Å²) in [6, 6.07) is 5.66. The number of hydrogen-bond acceptors (Lipinski definition) is 1. The van der Waals surface area contributed by atoms with Crippen LogP contribution in [-0.4, -0.2) is 15.6 Å². The van der Waals surface area contributed by atoms with Gasteiger partial charge in [-0.2, -0.15) is 0 Å². The summed E-state index contributed by atoms with van der Waals surface area (Å²) < 4.78 is 1.99. The first kappa shape index (κ1) is 13.7. The van der Waals surface area contributed by atoms with Crippen molar-refractivity contribution in [2.24, 2.45) is 13.0 Å². The molecule has 0 spiro atoms. The molecule has 0 radical (unpaired) electrons. The van der Waals surface area contributed by atoms with Crippen molar-refractivity contribution in [2.45, 2.75) is 13.8 Å². The SMILES string of the molecule is CC(C)/C(=C\C(=O)O)c1cn(C)c2ccc(Cl)cc12. The fourth-order valence-electron chi connectivity index (χ4n) is 2.28. The highest BCUT2D eigenvalue weighted by atomic mass is 35.5. The molecule has 0 aliphatic heterocycles. The van der Waals surface area contributed by atoms with Crippen LogP contribution in [0.3, 0.4) is 0 Å².